The third-order valence-electron chi connectivity index (χ3n) is 3.23. The van der Waals surface area contributed by atoms with Crippen LogP contribution in [-0.4, -0.2) is 28.4 Å². The van der Waals surface area contributed by atoms with Crippen molar-refractivity contribution in [2.45, 2.75) is 13.3 Å². The standard InChI is InChI=1S/C10H7ClFNO.C7H6FNO.C3H4Cl2O.CH4/c11-5-7-6-14-10(13-7)8-3-1-2-4-9(8)12;8-6-4-2-1-3-5(6)7(9)10;4-1-3(6)2-5;/h1-4,6H,5H2;1-4H,(H2,9,10);1-2H2;1H4. The molecule has 31 heavy (non-hydrogen) atoms. The summed E-state index contributed by atoms with van der Waals surface area (Å²) in [5.74, 6) is -1.20. The van der Waals surface area contributed by atoms with Crippen molar-refractivity contribution in [1.29, 1.82) is 0 Å². The summed E-state index contributed by atoms with van der Waals surface area (Å²) in [6.07, 6.45) is 1.43. The quantitative estimate of drug-likeness (QED) is 0.454. The Hall–Kier alpha value is -2.48. The Morgan fingerprint density at radius 1 is 0.935 bits per heavy atom. The molecular formula is C21H21Cl3F2N2O3. The van der Waals surface area contributed by atoms with E-state index in [9.17, 15) is 18.4 Å². The van der Waals surface area contributed by atoms with Gasteiger partial charge >= 0.3 is 0 Å². The van der Waals surface area contributed by atoms with Crippen molar-refractivity contribution >= 4 is 46.5 Å². The van der Waals surface area contributed by atoms with E-state index < -0.39 is 11.7 Å². The van der Waals surface area contributed by atoms with Gasteiger partial charge in [0.1, 0.15) is 17.9 Å². The lowest BCUT2D eigenvalue weighted by Gasteiger charge is -1.95. The summed E-state index contributed by atoms with van der Waals surface area (Å²) in [6, 6.07) is 11.9. The minimum atomic E-state index is -0.738. The average molecular weight is 494 g/mol. The van der Waals surface area contributed by atoms with Crippen molar-refractivity contribution in [3.8, 4) is 11.5 Å². The molecule has 3 aromatic rings. The fraction of sp³-hybridized carbons (Fsp3) is 0.190. The van der Waals surface area contributed by atoms with Crippen molar-refractivity contribution < 1.29 is 22.8 Å². The fourth-order valence-corrected chi connectivity index (χ4v) is 2.23. The minimum absolute atomic E-state index is 0. The topological polar surface area (TPSA) is 86.2 Å². The van der Waals surface area contributed by atoms with Crippen LogP contribution in [0.3, 0.4) is 0 Å². The molecule has 0 unspecified atom stereocenters. The second-order valence-corrected chi connectivity index (χ2v) is 6.21. The van der Waals surface area contributed by atoms with Crippen LogP contribution in [0.2, 0.25) is 0 Å². The lowest BCUT2D eigenvalue weighted by Crippen LogP contribution is -2.12. The Balaban J connectivity index is 0.000000468. The number of carbonyl (C=O) groups is 2. The van der Waals surface area contributed by atoms with Crippen LogP contribution in [0.1, 0.15) is 23.5 Å². The van der Waals surface area contributed by atoms with Gasteiger partial charge in [0.25, 0.3) is 5.91 Å². The third kappa shape index (κ3) is 9.91. The molecule has 1 aromatic heterocycles. The summed E-state index contributed by atoms with van der Waals surface area (Å²) in [6.45, 7) is 0. The zero-order chi connectivity index (χ0) is 22.5. The van der Waals surface area contributed by atoms with Gasteiger partial charge < -0.3 is 10.2 Å². The second-order valence-electron chi connectivity index (χ2n) is 5.41. The molecule has 10 heteroatoms. The van der Waals surface area contributed by atoms with Crippen molar-refractivity contribution in [3.05, 3.63) is 77.7 Å². The molecule has 0 fully saturated rings. The summed E-state index contributed by atoms with van der Waals surface area (Å²) in [5, 5.41) is 0. The van der Waals surface area contributed by atoms with Crippen LogP contribution in [0.15, 0.2) is 59.2 Å². The lowest BCUT2D eigenvalue weighted by atomic mass is 10.2. The largest absolute Gasteiger partial charge is 0.444 e. The molecule has 2 aromatic carbocycles. The number of aromatic nitrogens is 1. The molecule has 0 saturated carbocycles. The molecule has 0 atom stereocenters. The van der Waals surface area contributed by atoms with Crippen molar-refractivity contribution in [2.75, 3.05) is 11.8 Å². The smallest absolute Gasteiger partial charge is 0.251 e. The molecule has 0 spiro atoms. The minimum Gasteiger partial charge on any atom is -0.444 e. The molecule has 2 N–H and O–H groups in total. The molecule has 5 nitrogen and oxygen atoms in total. The summed E-state index contributed by atoms with van der Waals surface area (Å²) < 4.78 is 30.9. The molecular weight excluding hydrogens is 473 g/mol. The Morgan fingerprint density at radius 3 is 1.87 bits per heavy atom. The van der Waals surface area contributed by atoms with Gasteiger partial charge in [-0.15, -0.1) is 34.8 Å². The first-order valence-corrected chi connectivity index (χ1v) is 9.87. The number of nitrogens with two attached hydrogens (primary N) is 1. The highest BCUT2D eigenvalue weighted by atomic mass is 35.5. The van der Waals surface area contributed by atoms with Gasteiger partial charge in [0.2, 0.25) is 5.89 Å². The van der Waals surface area contributed by atoms with E-state index in [2.05, 4.69) is 4.98 Å². The van der Waals surface area contributed by atoms with Gasteiger partial charge in [-0.1, -0.05) is 31.7 Å². The van der Waals surface area contributed by atoms with Crippen molar-refractivity contribution in [3.63, 3.8) is 0 Å². The van der Waals surface area contributed by atoms with E-state index in [-0.39, 0.29) is 48.1 Å². The van der Waals surface area contributed by atoms with E-state index in [1.165, 1.54) is 30.5 Å². The first-order chi connectivity index (χ1) is 14.3. The van der Waals surface area contributed by atoms with Gasteiger partial charge in [0, 0.05) is 0 Å². The normalized spacial score (nSPS) is 9.32. The number of halogens is 5. The summed E-state index contributed by atoms with van der Waals surface area (Å²) in [7, 11) is 0. The van der Waals surface area contributed by atoms with Crippen molar-refractivity contribution in [1.82, 2.24) is 4.98 Å². The van der Waals surface area contributed by atoms with Gasteiger partial charge in [0.15, 0.2) is 5.78 Å². The zero-order valence-electron chi connectivity index (χ0n) is 15.5. The first-order valence-electron chi connectivity index (χ1n) is 8.27. The second kappa shape index (κ2) is 15.3. The van der Waals surface area contributed by atoms with Gasteiger partial charge in [-0.25, -0.2) is 13.8 Å². The van der Waals surface area contributed by atoms with Gasteiger partial charge in [-0.2, -0.15) is 0 Å². The molecule has 0 aliphatic heterocycles. The maximum atomic E-state index is 13.3. The van der Waals surface area contributed by atoms with Crippen LogP contribution in [0.25, 0.3) is 11.5 Å². The number of ketones is 1. The Bertz CT molecular complexity index is 962. The van der Waals surface area contributed by atoms with E-state index >= 15 is 0 Å². The number of Topliss-reactive ketones (excluding diaryl/α,β-unsaturated/α-hetero) is 1. The number of primary amides is 1. The SMILES string of the molecule is C.Fc1ccccc1-c1nc(CCl)co1.NC(=O)c1ccccc1F.O=C(CCl)CCl. The van der Waals surface area contributed by atoms with Crippen LogP contribution < -0.4 is 5.73 Å². The molecule has 3 rings (SSSR count). The van der Waals surface area contributed by atoms with E-state index in [1.807, 2.05) is 0 Å². The number of benzene rings is 2. The van der Waals surface area contributed by atoms with E-state index in [1.54, 1.807) is 24.3 Å². The Morgan fingerprint density at radius 2 is 1.48 bits per heavy atom. The number of nitrogens with zero attached hydrogens (tertiary/aromatic N) is 1. The van der Waals surface area contributed by atoms with E-state index in [0.29, 0.717) is 11.3 Å². The molecule has 0 aliphatic carbocycles. The number of carbonyl (C=O) groups excluding carboxylic acids is 2. The third-order valence-corrected chi connectivity index (χ3v) is 4.10. The number of hydrogen-bond acceptors (Lipinski definition) is 4. The van der Waals surface area contributed by atoms with Crippen LogP contribution in [-0.2, 0) is 10.7 Å². The highest BCUT2D eigenvalue weighted by Crippen LogP contribution is 2.21. The number of alkyl halides is 3. The lowest BCUT2D eigenvalue weighted by molar-refractivity contribution is -0.114. The van der Waals surface area contributed by atoms with Crippen LogP contribution in [0.5, 0.6) is 0 Å². The Kier molecular flexibility index (Phi) is 14.1. The maximum Gasteiger partial charge on any atom is 0.251 e. The first kappa shape index (κ1) is 28.5. The molecule has 0 radical (unpaired) electrons. The number of rotatable bonds is 5. The Labute approximate surface area is 194 Å². The number of amides is 1. The van der Waals surface area contributed by atoms with Crippen LogP contribution in [0, 0.1) is 11.6 Å². The van der Waals surface area contributed by atoms with Gasteiger partial charge in [-0.05, 0) is 24.3 Å². The van der Waals surface area contributed by atoms with Crippen LogP contribution in [0.4, 0.5) is 8.78 Å². The predicted octanol–water partition coefficient (Wildman–Crippen LogP) is 5.81. The average Bonchev–Trinajstić information content (AvgIpc) is 3.23. The summed E-state index contributed by atoms with van der Waals surface area (Å²) in [5.41, 5.74) is 5.72. The van der Waals surface area contributed by atoms with Crippen LogP contribution >= 0.6 is 34.8 Å². The highest BCUT2D eigenvalue weighted by Gasteiger charge is 2.09. The monoisotopic (exact) mass is 492 g/mol. The van der Waals surface area contributed by atoms with E-state index in [4.69, 9.17) is 45.0 Å². The number of oxazole rings is 1. The maximum absolute atomic E-state index is 13.3. The highest BCUT2D eigenvalue weighted by molar-refractivity contribution is 6.35. The zero-order valence-corrected chi connectivity index (χ0v) is 17.7. The fourth-order valence-electron chi connectivity index (χ4n) is 1.82. The predicted molar refractivity (Wildman–Crippen MR) is 120 cm³/mol. The van der Waals surface area contributed by atoms with Gasteiger partial charge in [0.05, 0.1) is 34.5 Å². The summed E-state index contributed by atoms with van der Waals surface area (Å²) >= 11 is 15.6. The van der Waals surface area contributed by atoms with Gasteiger partial charge in [-0.3, -0.25) is 9.59 Å². The summed E-state index contributed by atoms with van der Waals surface area (Å²) in [4.78, 5) is 24.3. The molecule has 0 saturated heterocycles. The molecule has 168 valence electrons. The van der Waals surface area contributed by atoms with E-state index in [0.717, 1.165) is 0 Å². The molecule has 0 aliphatic rings. The number of hydrogen-bond donors (Lipinski definition) is 1. The van der Waals surface area contributed by atoms with Crippen molar-refractivity contribution in [2.24, 2.45) is 5.73 Å². The molecule has 1 amide bonds. The molecule has 1 heterocycles. The molecule has 0 bridgehead atoms.